The van der Waals surface area contributed by atoms with Crippen molar-refractivity contribution in [3.63, 3.8) is 0 Å². The highest BCUT2D eigenvalue weighted by Gasteiger charge is 2.14. The first-order chi connectivity index (χ1) is 22.4. The molecule has 5 aromatic rings. The number of carbonyl (C=O) groups is 1. The van der Waals surface area contributed by atoms with E-state index in [0.29, 0.717) is 21.9 Å². The Kier molecular flexibility index (Phi) is 14.1. The Balaban J connectivity index is 0.000000205. The van der Waals surface area contributed by atoms with Gasteiger partial charge in [-0.1, -0.05) is 36.5 Å². The van der Waals surface area contributed by atoms with E-state index < -0.39 is 0 Å². The SMILES string of the molecule is COc1ccc(-n2c(-c3ccccc3OC)n[nH]c2=S)cc1.COc1ccc(N=CC=S)cc1.COc1ccccc1C(=O)NN. The van der Waals surface area contributed by atoms with E-state index in [-0.39, 0.29) is 5.91 Å². The van der Waals surface area contributed by atoms with Crippen molar-refractivity contribution < 1.29 is 23.7 Å². The van der Waals surface area contributed by atoms with E-state index in [4.69, 9.17) is 37.0 Å². The van der Waals surface area contributed by atoms with Gasteiger partial charge in [-0.2, -0.15) is 5.10 Å². The number of para-hydroxylation sites is 2. The number of nitrogens with one attached hydrogen (secondary N) is 2. The van der Waals surface area contributed by atoms with Gasteiger partial charge in [-0.3, -0.25) is 24.9 Å². The third-order valence-electron chi connectivity index (χ3n) is 6.19. The quantitative estimate of drug-likeness (QED) is 0.0547. The Hall–Kier alpha value is -5.37. The lowest BCUT2D eigenvalue weighted by molar-refractivity contribution is 0.0950. The Labute approximate surface area is 277 Å². The summed E-state index contributed by atoms with van der Waals surface area (Å²) < 4.78 is 22.9. The van der Waals surface area contributed by atoms with E-state index in [2.05, 4.69) is 27.4 Å². The Morgan fingerprint density at radius 1 is 0.826 bits per heavy atom. The molecule has 0 bridgehead atoms. The second-order valence-corrected chi connectivity index (χ2v) is 9.53. The van der Waals surface area contributed by atoms with Gasteiger partial charge in [0.05, 0.1) is 50.9 Å². The molecular weight excluding hydrogens is 625 g/mol. The van der Waals surface area contributed by atoms with Crippen LogP contribution in [0.4, 0.5) is 5.69 Å². The minimum Gasteiger partial charge on any atom is -0.497 e. The number of methoxy groups -OCH3 is 4. The maximum atomic E-state index is 11.1. The highest BCUT2D eigenvalue weighted by molar-refractivity contribution is 7.80. The highest BCUT2D eigenvalue weighted by Crippen LogP contribution is 2.30. The smallest absolute Gasteiger partial charge is 0.268 e. The number of hydrogen-bond donors (Lipinski definition) is 3. The summed E-state index contributed by atoms with van der Waals surface area (Å²) >= 11 is 9.97. The first kappa shape index (κ1) is 35.1. The molecule has 0 saturated carbocycles. The number of nitrogen functional groups attached to an aromatic ring is 1. The molecule has 1 amide bonds. The van der Waals surface area contributed by atoms with E-state index in [1.807, 2.05) is 82.8 Å². The molecule has 0 aliphatic heterocycles. The van der Waals surface area contributed by atoms with Crippen LogP contribution in [0.1, 0.15) is 10.4 Å². The van der Waals surface area contributed by atoms with Gasteiger partial charge in [-0.25, -0.2) is 5.84 Å². The molecule has 0 aliphatic carbocycles. The van der Waals surface area contributed by atoms with Crippen LogP contribution in [-0.4, -0.2) is 60.7 Å². The molecule has 4 N–H and O–H groups in total. The summed E-state index contributed by atoms with van der Waals surface area (Å²) in [6.45, 7) is 0. The first-order valence-electron chi connectivity index (χ1n) is 13.6. The molecule has 238 valence electrons. The van der Waals surface area contributed by atoms with Crippen molar-refractivity contribution in [2.45, 2.75) is 0 Å². The number of ether oxygens (including phenoxy) is 4. The van der Waals surface area contributed by atoms with Crippen molar-refractivity contribution in [3.8, 4) is 40.1 Å². The Bertz CT molecular complexity index is 1790. The van der Waals surface area contributed by atoms with Gasteiger partial charge in [0.2, 0.25) is 0 Å². The normalized spacial score (nSPS) is 10.0. The molecule has 5 rings (SSSR count). The lowest BCUT2D eigenvalue weighted by Gasteiger charge is -2.10. The number of nitrogens with zero attached hydrogens (tertiary/aromatic N) is 3. The van der Waals surface area contributed by atoms with Crippen LogP contribution in [0.25, 0.3) is 17.1 Å². The van der Waals surface area contributed by atoms with Crippen LogP contribution in [0.5, 0.6) is 23.0 Å². The number of amides is 1. The third kappa shape index (κ3) is 9.56. The maximum absolute atomic E-state index is 11.1. The Morgan fingerprint density at radius 3 is 1.96 bits per heavy atom. The van der Waals surface area contributed by atoms with E-state index in [0.717, 1.165) is 34.2 Å². The second-order valence-electron chi connectivity index (χ2n) is 8.87. The van der Waals surface area contributed by atoms with Crippen LogP contribution in [-0.2, 0) is 0 Å². The van der Waals surface area contributed by atoms with Crippen molar-refractivity contribution in [1.29, 1.82) is 0 Å². The molecule has 46 heavy (non-hydrogen) atoms. The number of thiocarbonyl (C=S) groups is 1. The van der Waals surface area contributed by atoms with Crippen LogP contribution in [0.15, 0.2) is 102 Å². The van der Waals surface area contributed by atoms with Gasteiger partial charge in [0.15, 0.2) is 10.6 Å². The molecule has 13 heteroatoms. The second kappa shape index (κ2) is 18.4. The lowest BCUT2D eigenvalue weighted by Crippen LogP contribution is -2.30. The molecule has 4 aromatic carbocycles. The zero-order chi connectivity index (χ0) is 33.3. The third-order valence-corrected chi connectivity index (χ3v) is 6.59. The predicted octanol–water partition coefficient (Wildman–Crippen LogP) is 6.31. The number of H-pyrrole nitrogens is 1. The summed E-state index contributed by atoms with van der Waals surface area (Å²) in [5.74, 6) is 8.20. The van der Waals surface area contributed by atoms with E-state index >= 15 is 0 Å². The van der Waals surface area contributed by atoms with Gasteiger partial charge >= 0.3 is 0 Å². The number of rotatable bonds is 9. The van der Waals surface area contributed by atoms with Crippen LogP contribution in [0.2, 0.25) is 0 Å². The van der Waals surface area contributed by atoms with Crippen LogP contribution >= 0.6 is 24.4 Å². The van der Waals surface area contributed by atoms with Gasteiger partial charge in [0, 0.05) is 11.6 Å². The molecule has 1 heterocycles. The molecule has 11 nitrogen and oxygen atoms in total. The van der Waals surface area contributed by atoms with E-state index in [9.17, 15) is 4.79 Å². The number of aliphatic imine (C=N–C) groups is 1. The number of hydrazine groups is 1. The van der Waals surface area contributed by atoms with E-state index in [1.165, 1.54) is 12.5 Å². The first-order valence-corrected chi connectivity index (χ1v) is 14.5. The summed E-state index contributed by atoms with van der Waals surface area (Å²) in [6, 6.07) is 29.7. The topological polar surface area (TPSA) is 138 Å². The standard InChI is InChI=1S/C16H15N3O2S.C9H9NOS.C8H10N2O2/c1-20-12-9-7-11(8-10-12)19-15(17-18-16(19)22)13-5-3-4-6-14(13)21-2;1-11-9-4-2-8(3-5-9)10-6-7-12;1-12-7-5-3-2-4-6(7)8(11)10-9/h3-10H,1-2H3,(H,18,22);2-7H,1H3;2-5H,9H2,1H3,(H,10,11). The fourth-order valence-corrected chi connectivity index (χ4v) is 4.27. The average molecular weight is 659 g/mol. The minimum atomic E-state index is -0.354. The fourth-order valence-electron chi connectivity index (χ4n) is 3.97. The molecule has 0 fully saturated rings. The van der Waals surface area contributed by atoms with Crippen molar-refractivity contribution >= 4 is 47.6 Å². The zero-order valence-electron chi connectivity index (χ0n) is 25.7. The molecule has 0 unspecified atom stereocenters. The van der Waals surface area contributed by atoms with Gasteiger partial charge in [0.1, 0.15) is 23.0 Å². The fraction of sp³-hybridized carbons (Fsp3) is 0.121. The molecule has 1 aromatic heterocycles. The molecule has 0 saturated heterocycles. The zero-order valence-corrected chi connectivity index (χ0v) is 27.3. The van der Waals surface area contributed by atoms with Crippen molar-refractivity contribution in [2.24, 2.45) is 10.8 Å². The summed E-state index contributed by atoms with van der Waals surface area (Å²) in [5.41, 5.74) is 5.11. The van der Waals surface area contributed by atoms with Gasteiger partial charge in [0.25, 0.3) is 5.91 Å². The highest BCUT2D eigenvalue weighted by atomic mass is 32.1. The van der Waals surface area contributed by atoms with Crippen LogP contribution in [0.3, 0.4) is 0 Å². The maximum Gasteiger partial charge on any atom is 0.268 e. The molecule has 0 radical (unpaired) electrons. The minimum absolute atomic E-state index is 0.354. The van der Waals surface area contributed by atoms with Crippen molar-refractivity contribution in [2.75, 3.05) is 28.4 Å². The van der Waals surface area contributed by atoms with Crippen LogP contribution in [0, 0.1) is 4.77 Å². The van der Waals surface area contributed by atoms with Gasteiger partial charge in [-0.05, 0) is 85.0 Å². The lowest BCUT2D eigenvalue weighted by atomic mass is 10.2. The molecular formula is C33H34N6O5S2. The number of nitrogens with two attached hydrogens (primary N) is 1. The monoisotopic (exact) mass is 658 g/mol. The summed E-state index contributed by atoms with van der Waals surface area (Å²) in [4.78, 5) is 15.1. The predicted molar refractivity (Wildman–Crippen MR) is 187 cm³/mol. The van der Waals surface area contributed by atoms with Gasteiger partial charge < -0.3 is 18.9 Å². The van der Waals surface area contributed by atoms with Crippen molar-refractivity contribution in [3.05, 3.63) is 107 Å². The number of aromatic nitrogens is 3. The van der Waals surface area contributed by atoms with Crippen LogP contribution < -0.4 is 30.2 Å². The summed E-state index contributed by atoms with van der Waals surface area (Å²) in [5, 5.41) is 8.67. The summed E-state index contributed by atoms with van der Waals surface area (Å²) in [6.07, 6.45) is 1.58. The molecule has 0 aliphatic rings. The number of benzene rings is 4. The largest absolute Gasteiger partial charge is 0.497 e. The van der Waals surface area contributed by atoms with E-state index in [1.54, 1.807) is 51.8 Å². The molecule has 0 spiro atoms. The number of hydrogen-bond acceptors (Lipinski definition) is 10. The van der Waals surface area contributed by atoms with Crippen molar-refractivity contribution in [1.82, 2.24) is 20.2 Å². The molecule has 0 atom stereocenters. The summed E-state index contributed by atoms with van der Waals surface area (Å²) in [7, 11) is 6.41. The number of aromatic amines is 1. The Morgan fingerprint density at radius 2 is 1.39 bits per heavy atom. The van der Waals surface area contributed by atoms with Gasteiger partial charge in [-0.15, -0.1) is 0 Å². The number of carbonyl (C=O) groups excluding carboxylic acids is 1. The average Bonchev–Trinajstić information content (AvgIpc) is 3.51.